The summed E-state index contributed by atoms with van der Waals surface area (Å²) in [5.41, 5.74) is 2.06. The van der Waals surface area contributed by atoms with Gasteiger partial charge in [0.05, 0.1) is 12.2 Å². The largest absolute Gasteiger partial charge is 0.367 e. The van der Waals surface area contributed by atoms with E-state index in [4.69, 9.17) is 9.32 Å². The van der Waals surface area contributed by atoms with Gasteiger partial charge in [0.25, 0.3) is 0 Å². The Morgan fingerprint density at radius 2 is 2.15 bits per heavy atom. The zero-order valence-electron chi connectivity index (χ0n) is 17.7. The molecule has 4 rings (SSSR count). The topological polar surface area (TPSA) is 129 Å². The van der Waals surface area contributed by atoms with Crippen molar-refractivity contribution >= 4 is 37.8 Å². The van der Waals surface area contributed by atoms with Crippen molar-refractivity contribution in [2.45, 2.75) is 31.8 Å². The average Bonchev–Trinajstić information content (AvgIpc) is 3.41. The lowest BCUT2D eigenvalue weighted by Gasteiger charge is -2.16. The number of halogens is 1. The monoisotopic (exact) mass is 533 g/mol. The summed E-state index contributed by atoms with van der Waals surface area (Å²) in [5, 5.41) is 8.23. The Kier molecular flexibility index (Phi) is 7.23. The van der Waals surface area contributed by atoms with Gasteiger partial charge >= 0.3 is 10.3 Å². The van der Waals surface area contributed by atoms with Crippen LogP contribution in [0.5, 0.6) is 0 Å². The summed E-state index contributed by atoms with van der Waals surface area (Å²) in [5.74, 6) is 0.361. The third-order valence-corrected chi connectivity index (χ3v) is 6.53. The van der Waals surface area contributed by atoms with Crippen molar-refractivity contribution < 1.29 is 17.4 Å². The maximum Gasteiger partial charge on any atom is 0.333 e. The lowest BCUT2D eigenvalue weighted by atomic mass is 10.1. The van der Waals surface area contributed by atoms with E-state index >= 15 is 0 Å². The van der Waals surface area contributed by atoms with E-state index in [2.05, 4.69) is 31.2 Å². The molecule has 3 N–H and O–H groups in total. The highest BCUT2D eigenvalue weighted by Gasteiger charge is 2.27. The van der Waals surface area contributed by atoms with Gasteiger partial charge in [-0.1, -0.05) is 28.1 Å². The molecule has 0 radical (unpaired) electrons. The molecule has 1 aromatic carbocycles. The van der Waals surface area contributed by atoms with Gasteiger partial charge in [-0.2, -0.15) is 8.42 Å². The number of hydrogen-bond acceptors (Lipinski definition) is 7. The maximum atomic E-state index is 13.2. The number of rotatable bonds is 9. The summed E-state index contributed by atoms with van der Waals surface area (Å²) in [4.78, 5) is 21.5. The lowest BCUT2D eigenvalue weighted by Crippen LogP contribution is -2.22. The number of carbonyl (C=O) groups is 1. The second kappa shape index (κ2) is 10.1. The van der Waals surface area contributed by atoms with Gasteiger partial charge in [-0.05, 0) is 48.9 Å². The molecular weight excluding hydrogens is 510 g/mol. The standard InChI is InChI=1S/C22H24BrN5O4S/c23-18-3-1-2-15(8-18)11-28-7-6-17(12-28)21(29)20-10-25-14-26-22(20)27-19-5-4-16(9-19)13-32-33(24,30)31/h1-3,6-8,10,12,14,16,19H,4-5,9,11,13H2,(H2,24,30,31)(H,25,26,27)/t16-,19-/m0/s1. The van der Waals surface area contributed by atoms with Gasteiger partial charge in [0.2, 0.25) is 0 Å². The van der Waals surface area contributed by atoms with Crippen LogP contribution in [0.3, 0.4) is 0 Å². The quantitative estimate of drug-likeness (QED) is 0.404. The van der Waals surface area contributed by atoms with Gasteiger partial charge in [0, 0.05) is 41.2 Å². The SMILES string of the molecule is NS(=O)(=O)OC[C@H]1CC[C@H](Nc2ncncc2C(=O)c2ccn(Cc3cccc(Br)c3)c2)C1. The molecule has 0 spiro atoms. The lowest BCUT2D eigenvalue weighted by molar-refractivity contribution is 0.103. The Morgan fingerprint density at radius 1 is 1.30 bits per heavy atom. The molecule has 11 heteroatoms. The number of nitrogens with zero attached hydrogens (tertiary/aromatic N) is 3. The number of anilines is 1. The second-order valence-corrected chi connectivity index (χ2v) is 10.3. The molecule has 1 fully saturated rings. The normalized spacial score (nSPS) is 18.4. The Balaban J connectivity index is 1.42. The number of hydrogen-bond donors (Lipinski definition) is 2. The number of nitrogens with two attached hydrogens (primary N) is 1. The van der Waals surface area contributed by atoms with Crippen LogP contribution in [0.4, 0.5) is 5.82 Å². The van der Waals surface area contributed by atoms with Crippen molar-refractivity contribution in [2.75, 3.05) is 11.9 Å². The smallest absolute Gasteiger partial charge is 0.333 e. The first-order valence-corrected chi connectivity index (χ1v) is 12.7. The van der Waals surface area contributed by atoms with Crippen molar-refractivity contribution in [3.05, 3.63) is 76.4 Å². The molecule has 2 aromatic heterocycles. The molecule has 3 aromatic rings. The van der Waals surface area contributed by atoms with Gasteiger partial charge in [0.1, 0.15) is 12.1 Å². The zero-order valence-corrected chi connectivity index (χ0v) is 20.1. The molecule has 0 bridgehead atoms. The molecular formula is C22H24BrN5O4S. The molecule has 9 nitrogen and oxygen atoms in total. The van der Waals surface area contributed by atoms with Crippen LogP contribution >= 0.6 is 15.9 Å². The van der Waals surface area contributed by atoms with Gasteiger partial charge in [-0.3, -0.25) is 8.98 Å². The molecule has 1 aliphatic rings. The van der Waals surface area contributed by atoms with Crippen LogP contribution < -0.4 is 10.5 Å². The fraction of sp³-hybridized carbons (Fsp3) is 0.318. The molecule has 1 saturated carbocycles. The highest BCUT2D eigenvalue weighted by atomic mass is 79.9. The van der Waals surface area contributed by atoms with Crippen LogP contribution in [0.1, 0.15) is 40.7 Å². The summed E-state index contributed by atoms with van der Waals surface area (Å²) >= 11 is 3.48. The van der Waals surface area contributed by atoms with Crippen molar-refractivity contribution in [1.82, 2.24) is 14.5 Å². The summed E-state index contributed by atoms with van der Waals surface area (Å²) < 4.78 is 29.7. The minimum Gasteiger partial charge on any atom is -0.367 e. The van der Waals surface area contributed by atoms with Gasteiger partial charge in [-0.25, -0.2) is 15.1 Å². The third-order valence-electron chi connectivity index (χ3n) is 5.57. The molecule has 0 aliphatic heterocycles. The van der Waals surface area contributed by atoms with E-state index in [1.807, 2.05) is 41.2 Å². The molecule has 33 heavy (non-hydrogen) atoms. The Labute approximate surface area is 200 Å². The first-order chi connectivity index (χ1) is 15.8. The van der Waals surface area contributed by atoms with Gasteiger partial charge < -0.3 is 9.88 Å². The highest BCUT2D eigenvalue weighted by molar-refractivity contribution is 9.10. The summed E-state index contributed by atoms with van der Waals surface area (Å²) in [6.45, 7) is 0.700. The molecule has 0 unspecified atom stereocenters. The average molecular weight is 534 g/mol. The molecule has 0 amide bonds. The van der Waals surface area contributed by atoms with Crippen LogP contribution in [-0.2, 0) is 21.0 Å². The maximum absolute atomic E-state index is 13.2. The Hall–Kier alpha value is -2.60. The van der Waals surface area contributed by atoms with E-state index in [1.165, 1.54) is 12.5 Å². The first-order valence-electron chi connectivity index (χ1n) is 10.5. The Bertz CT molecular complexity index is 1250. The van der Waals surface area contributed by atoms with Crippen LogP contribution in [0.25, 0.3) is 0 Å². The predicted octanol–water partition coefficient (Wildman–Crippen LogP) is 3.12. The second-order valence-electron chi connectivity index (χ2n) is 8.11. The van der Waals surface area contributed by atoms with E-state index in [0.29, 0.717) is 29.9 Å². The number of ketones is 1. The van der Waals surface area contributed by atoms with Crippen LogP contribution in [0.15, 0.2) is 59.7 Å². The molecule has 0 saturated heterocycles. The number of carbonyl (C=O) groups excluding carboxylic acids is 1. The minimum atomic E-state index is -3.95. The summed E-state index contributed by atoms with van der Waals surface area (Å²) in [6.07, 6.45) is 8.89. The van der Waals surface area contributed by atoms with Crippen LogP contribution in [0, 0.1) is 5.92 Å². The van der Waals surface area contributed by atoms with Gasteiger partial charge in [-0.15, -0.1) is 0 Å². The molecule has 1 aliphatic carbocycles. The molecule has 2 atom stereocenters. The van der Waals surface area contributed by atoms with Crippen molar-refractivity contribution in [3.63, 3.8) is 0 Å². The molecule has 174 valence electrons. The minimum absolute atomic E-state index is 0.0432. The number of aromatic nitrogens is 3. The third kappa shape index (κ3) is 6.47. The van der Waals surface area contributed by atoms with Crippen molar-refractivity contribution in [2.24, 2.45) is 11.1 Å². The van der Waals surface area contributed by atoms with Crippen molar-refractivity contribution in [1.29, 1.82) is 0 Å². The fourth-order valence-corrected chi connectivity index (χ4v) is 4.86. The predicted molar refractivity (Wildman–Crippen MR) is 127 cm³/mol. The van der Waals surface area contributed by atoms with Gasteiger partial charge in [0.15, 0.2) is 5.78 Å². The van der Waals surface area contributed by atoms with E-state index in [1.54, 1.807) is 6.07 Å². The summed E-state index contributed by atoms with van der Waals surface area (Å²) in [7, 11) is -3.95. The van der Waals surface area contributed by atoms with E-state index in [9.17, 15) is 13.2 Å². The van der Waals surface area contributed by atoms with Crippen LogP contribution in [-0.4, -0.2) is 41.4 Å². The van der Waals surface area contributed by atoms with E-state index in [-0.39, 0.29) is 24.3 Å². The van der Waals surface area contributed by atoms with E-state index in [0.717, 1.165) is 22.9 Å². The Morgan fingerprint density at radius 3 is 2.94 bits per heavy atom. The van der Waals surface area contributed by atoms with Crippen LogP contribution in [0.2, 0.25) is 0 Å². The van der Waals surface area contributed by atoms with E-state index < -0.39 is 10.3 Å². The van der Waals surface area contributed by atoms with Crippen molar-refractivity contribution in [3.8, 4) is 0 Å². The zero-order chi connectivity index (χ0) is 23.4. The number of nitrogens with one attached hydrogen (secondary N) is 1. The highest BCUT2D eigenvalue weighted by Crippen LogP contribution is 2.29. The first kappa shape index (κ1) is 23.6. The molecule has 2 heterocycles. The summed E-state index contributed by atoms with van der Waals surface area (Å²) in [6, 6.07) is 9.84. The number of benzene rings is 1. The fourth-order valence-electron chi connectivity index (χ4n) is 4.03.